The third-order valence-electron chi connectivity index (χ3n) is 9.38. The molecular formula is C22H37NO2. The van der Waals surface area contributed by atoms with Crippen LogP contribution >= 0.6 is 0 Å². The van der Waals surface area contributed by atoms with Gasteiger partial charge in [-0.2, -0.15) is 0 Å². The lowest BCUT2D eigenvalue weighted by atomic mass is 9.44. The summed E-state index contributed by atoms with van der Waals surface area (Å²) in [7, 11) is 1.68. The van der Waals surface area contributed by atoms with Crippen molar-refractivity contribution in [1.82, 2.24) is 0 Å². The van der Waals surface area contributed by atoms with Crippen LogP contribution in [0.25, 0.3) is 0 Å². The van der Waals surface area contributed by atoms with Gasteiger partial charge in [0, 0.05) is 5.92 Å². The van der Waals surface area contributed by atoms with E-state index < -0.39 is 0 Å². The molecule has 142 valence electrons. The molecule has 0 amide bonds. The van der Waals surface area contributed by atoms with E-state index in [0.717, 1.165) is 36.5 Å². The lowest BCUT2D eigenvalue weighted by molar-refractivity contribution is -0.123. The quantitative estimate of drug-likeness (QED) is 0.562. The Bertz CT molecular complexity index is 546. The maximum Gasteiger partial charge on any atom is 0.106 e. The molecule has 4 saturated carbocycles. The molecular weight excluding hydrogens is 310 g/mol. The number of hydrogen-bond acceptors (Lipinski definition) is 3. The van der Waals surface area contributed by atoms with Crippen LogP contribution in [0.2, 0.25) is 0 Å². The molecule has 0 saturated heterocycles. The molecule has 0 heterocycles. The second-order valence-electron chi connectivity index (χ2n) is 10.2. The van der Waals surface area contributed by atoms with Crippen molar-refractivity contribution in [1.29, 1.82) is 0 Å². The molecule has 4 aliphatic carbocycles. The van der Waals surface area contributed by atoms with Crippen LogP contribution in [0.4, 0.5) is 0 Å². The summed E-state index contributed by atoms with van der Waals surface area (Å²) in [5.41, 5.74) is 2.12. The van der Waals surface area contributed by atoms with Gasteiger partial charge >= 0.3 is 0 Å². The maximum atomic E-state index is 10.2. The molecule has 25 heavy (non-hydrogen) atoms. The van der Waals surface area contributed by atoms with E-state index in [1.54, 1.807) is 7.11 Å². The van der Waals surface area contributed by atoms with E-state index in [-0.39, 0.29) is 6.10 Å². The second kappa shape index (κ2) is 6.25. The summed E-state index contributed by atoms with van der Waals surface area (Å²) in [5, 5.41) is 14.5. The number of hydrogen-bond donors (Lipinski definition) is 1. The van der Waals surface area contributed by atoms with E-state index in [1.165, 1.54) is 50.7 Å². The second-order valence-corrected chi connectivity index (χ2v) is 10.2. The van der Waals surface area contributed by atoms with Gasteiger partial charge in [0.15, 0.2) is 0 Å². The van der Waals surface area contributed by atoms with Crippen molar-refractivity contribution in [3.63, 3.8) is 0 Å². The summed E-state index contributed by atoms with van der Waals surface area (Å²) in [6.07, 6.45) is 11.4. The molecule has 0 bridgehead atoms. The first kappa shape index (κ1) is 17.8. The van der Waals surface area contributed by atoms with E-state index in [2.05, 4.69) is 25.9 Å². The topological polar surface area (TPSA) is 41.8 Å². The van der Waals surface area contributed by atoms with Crippen LogP contribution < -0.4 is 0 Å². The molecule has 3 heteroatoms. The Morgan fingerprint density at radius 3 is 2.44 bits per heavy atom. The van der Waals surface area contributed by atoms with Crippen molar-refractivity contribution < 1.29 is 9.94 Å². The lowest BCUT2D eigenvalue weighted by Crippen LogP contribution is -2.54. The molecule has 3 nitrogen and oxygen atoms in total. The Morgan fingerprint density at radius 2 is 1.68 bits per heavy atom. The highest BCUT2D eigenvalue weighted by atomic mass is 16.6. The average Bonchev–Trinajstić information content (AvgIpc) is 2.93. The van der Waals surface area contributed by atoms with Gasteiger partial charge in [0.25, 0.3) is 0 Å². The first-order valence-corrected chi connectivity index (χ1v) is 10.7. The Balaban J connectivity index is 1.59. The van der Waals surface area contributed by atoms with Crippen molar-refractivity contribution in [3.8, 4) is 0 Å². The molecule has 0 aromatic heterocycles. The van der Waals surface area contributed by atoms with Gasteiger partial charge in [-0.1, -0.05) is 19.0 Å². The van der Waals surface area contributed by atoms with Crippen molar-refractivity contribution in [2.24, 2.45) is 45.6 Å². The largest absolute Gasteiger partial charge is 0.399 e. The van der Waals surface area contributed by atoms with Crippen LogP contribution in [0.15, 0.2) is 5.16 Å². The fraction of sp³-hybridized carbons (Fsp3) is 0.955. The summed E-state index contributed by atoms with van der Waals surface area (Å²) in [4.78, 5) is 5.11. The zero-order valence-electron chi connectivity index (χ0n) is 16.6. The van der Waals surface area contributed by atoms with Gasteiger partial charge in [0.05, 0.1) is 11.8 Å². The molecule has 0 aromatic carbocycles. The lowest BCUT2D eigenvalue weighted by Gasteiger charge is -2.61. The number of rotatable bonds is 2. The van der Waals surface area contributed by atoms with Crippen LogP contribution in [0.3, 0.4) is 0 Å². The standard InChI is InChI=1S/C22H37NO2/c1-14(23-25-4)18-7-8-19-17-6-5-15-13-16(24)9-11-21(15,2)20(17)10-12-22(18,19)3/h15-20,24H,5-13H2,1-4H3/b23-14+/t15-,16-,17+,18-,19+,20+,21+,22-/m1/s1. The molecule has 0 spiro atoms. The smallest absolute Gasteiger partial charge is 0.106 e. The van der Waals surface area contributed by atoms with Crippen molar-refractivity contribution in [2.45, 2.75) is 84.7 Å². The molecule has 8 atom stereocenters. The molecule has 0 radical (unpaired) electrons. The Morgan fingerprint density at radius 1 is 0.960 bits per heavy atom. The van der Waals surface area contributed by atoms with Gasteiger partial charge in [-0.05, 0) is 99.2 Å². The van der Waals surface area contributed by atoms with Crippen molar-refractivity contribution in [2.75, 3.05) is 7.11 Å². The van der Waals surface area contributed by atoms with Crippen LogP contribution in [-0.4, -0.2) is 24.0 Å². The fourth-order valence-electron chi connectivity index (χ4n) is 8.13. The van der Waals surface area contributed by atoms with Crippen LogP contribution in [0.5, 0.6) is 0 Å². The minimum Gasteiger partial charge on any atom is -0.399 e. The van der Waals surface area contributed by atoms with Gasteiger partial charge in [0.2, 0.25) is 0 Å². The molecule has 0 aliphatic heterocycles. The van der Waals surface area contributed by atoms with Crippen LogP contribution in [0, 0.1) is 40.4 Å². The van der Waals surface area contributed by atoms with Gasteiger partial charge in [-0.3, -0.25) is 0 Å². The van der Waals surface area contributed by atoms with Crippen LogP contribution in [-0.2, 0) is 4.84 Å². The highest BCUT2D eigenvalue weighted by Gasteiger charge is 2.60. The van der Waals surface area contributed by atoms with Gasteiger partial charge < -0.3 is 9.94 Å². The van der Waals surface area contributed by atoms with E-state index in [4.69, 9.17) is 4.84 Å². The van der Waals surface area contributed by atoms with Crippen LogP contribution in [0.1, 0.15) is 78.6 Å². The minimum absolute atomic E-state index is 0.0350. The third kappa shape index (κ3) is 2.59. The first-order chi connectivity index (χ1) is 11.9. The van der Waals surface area contributed by atoms with E-state index in [0.29, 0.717) is 16.7 Å². The molecule has 0 unspecified atom stereocenters. The minimum atomic E-state index is -0.0350. The monoisotopic (exact) mass is 347 g/mol. The number of oxime groups is 1. The van der Waals surface area contributed by atoms with Gasteiger partial charge in [-0.25, -0.2) is 0 Å². The summed E-state index contributed by atoms with van der Waals surface area (Å²) >= 11 is 0. The molecule has 4 fully saturated rings. The summed E-state index contributed by atoms with van der Waals surface area (Å²) in [6, 6.07) is 0. The number of aliphatic hydroxyl groups excluding tert-OH is 1. The Labute approximate surface area is 153 Å². The predicted octanol–water partition coefficient (Wildman–Crippen LogP) is 5.03. The van der Waals surface area contributed by atoms with Gasteiger partial charge in [-0.15, -0.1) is 0 Å². The SMILES string of the molecule is CO/N=C(\C)[C@H]1CC[C@H]2[C@@H]3CC[C@@H]4C[C@H](O)CC[C@]4(C)[C@H]3CC[C@]12C. The van der Waals surface area contributed by atoms with Crippen molar-refractivity contribution >= 4 is 5.71 Å². The molecule has 1 N–H and O–H groups in total. The van der Waals surface area contributed by atoms with E-state index in [9.17, 15) is 5.11 Å². The summed E-state index contributed by atoms with van der Waals surface area (Å²) in [6.45, 7) is 7.31. The Hall–Kier alpha value is -0.570. The van der Waals surface area contributed by atoms with Crippen molar-refractivity contribution in [3.05, 3.63) is 0 Å². The maximum absolute atomic E-state index is 10.2. The zero-order valence-corrected chi connectivity index (χ0v) is 16.6. The predicted molar refractivity (Wildman–Crippen MR) is 101 cm³/mol. The number of nitrogens with zero attached hydrogens (tertiary/aromatic N) is 1. The van der Waals surface area contributed by atoms with Gasteiger partial charge in [0.1, 0.15) is 7.11 Å². The highest BCUT2D eigenvalue weighted by molar-refractivity contribution is 5.85. The third-order valence-corrected chi connectivity index (χ3v) is 9.38. The molecule has 4 aliphatic rings. The number of fused-ring (bicyclic) bond motifs is 5. The van der Waals surface area contributed by atoms with E-state index >= 15 is 0 Å². The van der Waals surface area contributed by atoms with E-state index in [1.807, 2.05) is 0 Å². The zero-order chi connectivity index (χ0) is 17.8. The number of aliphatic hydroxyl groups is 1. The average molecular weight is 348 g/mol. The first-order valence-electron chi connectivity index (χ1n) is 10.7. The normalized spacial score (nSPS) is 52.9. The Kier molecular flexibility index (Phi) is 4.46. The molecule has 4 rings (SSSR count). The highest BCUT2D eigenvalue weighted by Crippen LogP contribution is 2.67. The summed E-state index contributed by atoms with van der Waals surface area (Å²) < 4.78 is 0. The fourth-order valence-corrected chi connectivity index (χ4v) is 8.13. The molecule has 0 aromatic rings. The summed E-state index contributed by atoms with van der Waals surface area (Å²) in [5.74, 6) is 4.02.